The Morgan fingerprint density at radius 3 is 2.72 bits per heavy atom. The Balaban J connectivity index is 1.72. The minimum atomic E-state index is -1.16. The van der Waals surface area contributed by atoms with E-state index in [0.717, 1.165) is 11.3 Å². The number of piperidine rings is 1. The summed E-state index contributed by atoms with van der Waals surface area (Å²) >= 11 is 0. The number of rotatable bonds is 4. The molecule has 0 spiro atoms. The second kappa shape index (κ2) is 7.11. The summed E-state index contributed by atoms with van der Waals surface area (Å²) in [4.78, 5) is 29.2. The van der Waals surface area contributed by atoms with Crippen LogP contribution in [0.1, 0.15) is 29.8 Å². The minimum Gasteiger partial charge on any atom is -0.388 e. The van der Waals surface area contributed by atoms with Gasteiger partial charge >= 0.3 is 0 Å². The van der Waals surface area contributed by atoms with Crippen LogP contribution in [0.4, 0.5) is 0 Å². The van der Waals surface area contributed by atoms with Crippen LogP contribution >= 0.6 is 0 Å². The molecule has 6 nitrogen and oxygen atoms in total. The number of nitrogens with one attached hydrogen (secondary N) is 2. The van der Waals surface area contributed by atoms with Crippen LogP contribution in [-0.4, -0.2) is 52.5 Å². The second-order valence-corrected chi connectivity index (χ2v) is 6.56. The molecule has 2 aromatic rings. The third-order valence-electron chi connectivity index (χ3n) is 4.61. The lowest BCUT2D eigenvalue weighted by atomic mass is 9.89. The molecule has 3 rings (SSSR count). The maximum absolute atomic E-state index is 12.8. The van der Waals surface area contributed by atoms with Gasteiger partial charge in [0, 0.05) is 19.3 Å². The van der Waals surface area contributed by atoms with Gasteiger partial charge in [-0.05, 0) is 30.5 Å². The number of amides is 2. The van der Waals surface area contributed by atoms with Crippen molar-refractivity contribution in [3.63, 3.8) is 0 Å². The van der Waals surface area contributed by atoms with E-state index in [-0.39, 0.29) is 24.8 Å². The lowest BCUT2D eigenvalue weighted by Crippen LogP contribution is -2.52. The van der Waals surface area contributed by atoms with Crippen molar-refractivity contribution in [1.82, 2.24) is 15.2 Å². The van der Waals surface area contributed by atoms with Gasteiger partial charge in [0.05, 0.1) is 18.6 Å². The van der Waals surface area contributed by atoms with Gasteiger partial charge in [-0.2, -0.15) is 0 Å². The van der Waals surface area contributed by atoms with Gasteiger partial charge in [0.15, 0.2) is 0 Å². The highest BCUT2D eigenvalue weighted by Crippen LogP contribution is 2.26. The van der Waals surface area contributed by atoms with E-state index in [0.29, 0.717) is 25.1 Å². The highest BCUT2D eigenvalue weighted by Gasteiger charge is 2.37. The zero-order valence-electron chi connectivity index (χ0n) is 14.3. The molecule has 1 aliphatic rings. The molecule has 1 aromatic carbocycles. The first-order chi connectivity index (χ1) is 12.0. The van der Waals surface area contributed by atoms with Crippen molar-refractivity contribution in [3.8, 4) is 11.3 Å². The number of benzene rings is 1. The van der Waals surface area contributed by atoms with E-state index in [4.69, 9.17) is 0 Å². The molecule has 1 fully saturated rings. The third kappa shape index (κ3) is 3.91. The first-order valence-electron chi connectivity index (χ1n) is 8.47. The molecule has 1 aliphatic heterocycles. The first-order valence-corrected chi connectivity index (χ1v) is 8.47. The average Bonchev–Trinajstić information content (AvgIpc) is 3.11. The van der Waals surface area contributed by atoms with Crippen LogP contribution in [0.5, 0.6) is 0 Å². The molecule has 0 bridgehead atoms. The van der Waals surface area contributed by atoms with Crippen LogP contribution < -0.4 is 5.32 Å². The van der Waals surface area contributed by atoms with Crippen molar-refractivity contribution in [1.29, 1.82) is 0 Å². The molecule has 3 N–H and O–H groups in total. The number of H-pyrrole nitrogens is 1. The number of hydrogen-bond donors (Lipinski definition) is 3. The van der Waals surface area contributed by atoms with Crippen LogP contribution in [-0.2, 0) is 4.79 Å². The molecule has 1 atom stereocenters. The molecular formula is C19H23N3O3. The summed E-state index contributed by atoms with van der Waals surface area (Å²) in [7, 11) is 1.54. The number of aliphatic hydroxyl groups is 1. The van der Waals surface area contributed by atoms with E-state index >= 15 is 0 Å². The van der Waals surface area contributed by atoms with Crippen molar-refractivity contribution >= 4 is 11.8 Å². The predicted molar refractivity (Wildman–Crippen MR) is 95.0 cm³/mol. The fourth-order valence-corrected chi connectivity index (χ4v) is 3.29. The van der Waals surface area contributed by atoms with Gasteiger partial charge in [-0.3, -0.25) is 9.59 Å². The Labute approximate surface area is 146 Å². The molecular weight excluding hydrogens is 318 g/mol. The summed E-state index contributed by atoms with van der Waals surface area (Å²) in [5.41, 5.74) is 1.21. The predicted octanol–water partition coefficient (Wildman–Crippen LogP) is 1.78. The van der Waals surface area contributed by atoms with Crippen molar-refractivity contribution in [2.45, 2.75) is 24.9 Å². The standard InChI is InChI=1S/C19H23N3O3/c1-20-17(23)12-19(25)10-5-11-22(13-19)18(24)16-9-8-15(21-16)14-6-3-2-4-7-14/h2-4,6-9,21,25H,5,10-13H2,1H3,(H,20,23). The van der Waals surface area contributed by atoms with Crippen molar-refractivity contribution in [2.24, 2.45) is 0 Å². The number of aromatic amines is 1. The quantitative estimate of drug-likeness (QED) is 0.792. The third-order valence-corrected chi connectivity index (χ3v) is 4.61. The van der Waals surface area contributed by atoms with Gasteiger partial charge < -0.3 is 20.3 Å². The number of β-amino-alcohol motifs (C(OH)–C–C–N with tert-alkyl or cyclic N) is 1. The SMILES string of the molecule is CNC(=O)CC1(O)CCCN(C(=O)c2ccc(-c3ccccc3)[nH]2)C1. The summed E-state index contributed by atoms with van der Waals surface area (Å²) in [5, 5.41) is 13.2. The second-order valence-electron chi connectivity index (χ2n) is 6.56. The van der Waals surface area contributed by atoms with Crippen molar-refractivity contribution < 1.29 is 14.7 Å². The summed E-state index contributed by atoms with van der Waals surface area (Å²) in [6.07, 6.45) is 1.20. The Morgan fingerprint density at radius 2 is 2.00 bits per heavy atom. The summed E-state index contributed by atoms with van der Waals surface area (Å²) in [6, 6.07) is 13.4. The van der Waals surface area contributed by atoms with Gasteiger partial charge in [0.1, 0.15) is 5.69 Å². The Bertz CT molecular complexity index is 756. The van der Waals surface area contributed by atoms with E-state index in [9.17, 15) is 14.7 Å². The monoisotopic (exact) mass is 341 g/mol. The van der Waals surface area contributed by atoms with E-state index in [1.54, 1.807) is 18.0 Å². The fourth-order valence-electron chi connectivity index (χ4n) is 3.29. The van der Waals surface area contributed by atoms with Gasteiger partial charge in [-0.1, -0.05) is 30.3 Å². The van der Waals surface area contributed by atoms with E-state index < -0.39 is 5.60 Å². The van der Waals surface area contributed by atoms with Gasteiger partial charge in [0.25, 0.3) is 5.91 Å². The first kappa shape index (κ1) is 17.2. The smallest absolute Gasteiger partial charge is 0.270 e. The molecule has 1 aromatic heterocycles. The Morgan fingerprint density at radius 1 is 1.24 bits per heavy atom. The zero-order chi connectivity index (χ0) is 17.9. The minimum absolute atomic E-state index is 0.00721. The molecule has 6 heteroatoms. The van der Waals surface area contributed by atoms with Gasteiger partial charge in [0.2, 0.25) is 5.91 Å². The molecule has 0 radical (unpaired) electrons. The summed E-state index contributed by atoms with van der Waals surface area (Å²) in [6.45, 7) is 0.744. The van der Waals surface area contributed by atoms with Crippen LogP contribution in [0.25, 0.3) is 11.3 Å². The Kier molecular flexibility index (Phi) is 4.90. The van der Waals surface area contributed by atoms with Crippen molar-refractivity contribution in [3.05, 3.63) is 48.2 Å². The fraction of sp³-hybridized carbons (Fsp3) is 0.368. The molecule has 1 saturated heterocycles. The van der Waals surface area contributed by atoms with Crippen LogP contribution in [0, 0.1) is 0 Å². The topological polar surface area (TPSA) is 85.4 Å². The zero-order valence-corrected chi connectivity index (χ0v) is 14.3. The molecule has 2 amide bonds. The maximum Gasteiger partial charge on any atom is 0.270 e. The molecule has 1 unspecified atom stereocenters. The number of hydrogen-bond acceptors (Lipinski definition) is 3. The highest BCUT2D eigenvalue weighted by atomic mass is 16.3. The van der Waals surface area contributed by atoms with Gasteiger partial charge in [-0.15, -0.1) is 0 Å². The largest absolute Gasteiger partial charge is 0.388 e. The van der Waals surface area contributed by atoms with E-state index in [1.807, 2.05) is 36.4 Å². The summed E-state index contributed by atoms with van der Waals surface area (Å²) < 4.78 is 0. The Hall–Kier alpha value is -2.60. The average molecular weight is 341 g/mol. The number of aromatic nitrogens is 1. The van der Waals surface area contributed by atoms with E-state index in [1.165, 1.54) is 0 Å². The molecule has 0 aliphatic carbocycles. The maximum atomic E-state index is 12.8. The molecule has 132 valence electrons. The molecule has 0 saturated carbocycles. The number of carbonyl (C=O) groups excluding carboxylic acids is 2. The normalized spacial score (nSPS) is 20.3. The number of carbonyl (C=O) groups is 2. The van der Waals surface area contributed by atoms with E-state index in [2.05, 4.69) is 10.3 Å². The van der Waals surface area contributed by atoms with Crippen LogP contribution in [0.3, 0.4) is 0 Å². The molecule has 2 heterocycles. The van der Waals surface area contributed by atoms with Crippen LogP contribution in [0.2, 0.25) is 0 Å². The van der Waals surface area contributed by atoms with Crippen molar-refractivity contribution in [2.75, 3.05) is 20.1 Å². The van der Waals surface area contributed by atoms with Gasteiger partial charge in [-0.25, -0.2) is 0 Å². The van der Waals surface area contributed by atoms with Crippen LogP contribution in [0.15, 0.2) is 42.5 Å². The number of nitrogens with zero attached hydrogens (tertiary/aromatic N) is 1. The lowest BCUT2D eigenvalue weighted by Gasteiger charge is -2.38. The highest BCUT2D eigenvalue weighted by molar-refractivity contribution is 5.93. The lowest BCUT2D eigenvalue weighted by molar-refractivity contribution is -0.127. The number of likely N-dealkylation sites (tertiary alicyclic amines) is 1. The summed E-state index contributed by atoms with van der Waals surface area (Å²) in [5.74, 6) is -0.375. The molecule has 25 heavy (non-hydrogen) atoms.